The van der Waals surface area contributed by atoms with Gasteiger partial charge in [0.1, 0.15) is 5.82 Å². The molecule has 2 heterocycles. The topological polar surface area (TPSA) is 108 Å². The van der Waals surface area contributed by atoms with Gasteiger partial charge in [-0.1, -0.05) is 32.0 Å². The highest BCUT2D eigenvalue weighted by Crippen LogP contribution is 2.28. The van der Waals surface area contributed by atoms with Crippen LogP contribution in [0.4, 0.5) is 17.6 Å². The van der Waals surface area contributed by atoms with Crippen molar-refractivity contribution in [3.63, 3.8) is 0 Å². The van der Waals surface area contributed by atoms with Gasteiger partial charge in [0.05, 0.1) is 6.34 Å². The molecule has 4 rings (SSSR count). The van der Waals surface area contributed by atoms with Gasteiger partial charge in [0.2, 0.25) is 11.9 Å². The summed E-state index contributed by atoms with van der Waals surface area (Å²) in [7, 11) is 0. The Morgan fingerprint density at radius 1 is 1.00 bits per heavy atom. The van der Waals surface area contributed by atoms with Crippen molar-refractivity contribution in [2.24, 2.45) is 10.7 Å². The Hall–Kier alpha value is -3.68. The number of H-pyrrole nitrogens is 1. The summed E-state index contributed by atoms with van der Waals surface area (Å²) >= 11 is 0. The number of para-hydroxylation sites is 1. The number of hydrogen-bond donors (Lipinski definition) is 3. The molecule has 4 aromatic rings. The molecule has 0 bridgehead atoms. The van der Waals surface area contributed by atoms with E-state index in [1.165, 1.54) is 17.1 Å². The molecule has 0 spiro atoms. The zero-order valence-corrected chi connectivity index (χ0v) is 19.4. The molecule has 172 valence electrons. The number of benzene rings is 2. The largest absolute Gasteiger partial charge is 0.390 e. The number of nitrogens with one attached hydrogen (secondary N) is 2. The first-order valence-electron chi connectivity index (χ1n) is 11.7. The number of anilines is 3. The SMILES string of the molecule is CCCN(CCC)c1nc(CCCN=CN)nc(Nc2ccc3[nH]c4ccccc4c3c2)n1. The van der Waals surface area contributed by atoms with Crippen LogP contribution in [0.5, 0.6) is 0 Å². The Morgan fingerprint density at radius 3 is 2.58 bits per heavy atom. The van der Waals surface area contributed by atoms with Crippen LogP contribution in [0.3, 0.4) is 0 Å². The molecule has 0 amide bonds. The molecule has 0 fully saturated rings. The van der Waals surface area contributed by atoms with Crippen LogP contribution in [0, 0.1) is 0 Å². The van der Waals surface area contributed by atoms with Gasteiger partial charge >= 0.3 is 0 Å². The van der Waals surface area contributed by atoms with E-state index in [1.54, 1.807) is 0 Å². The highest BCUT2D eigenvalue weighted by atomic mass is 15.3. The number of rotatable bonds is 11. The lowest BCUT2D eigenvalue weighted by Gasteiger charge is -2.22. The van der Waals surface area contributed by atoms with Gasteiger partial charge in [-0.25, -0.2) is 0 Å². The minimum Gasteiger partial charge on any atom is -0.390 e. The number of aromatic nitrogens is 4. The zero-order chi connectivity index (χ0) is 23.0. The minimum atomic E-state index is 0.564. The van der Waals surface area contributed by atoms with Crippen LogP contribution in [-0.4, -0.2) is 45.9 Å². The van der Waals surface area contributed by atoms with Gasteiger partial charge in [-0.15, -0.1) is 0 Å². The average Bonchev–Trinajstić information content (AvgIpc) is 3.20. The van der Waals surface area contributed by atoms with E-state index in [0.717, 1.165) is 67.3 Å². The molecule has 8 nitrogen and oxygen atoms in total. The molecule has 0 aliphatic heterocycles. The van der Waals surface area contributed by atoms with Crippen molar-refractivity contribution in [3.05, 3.63) is 48.3 Å². The Labute approximate surface area is 194 Å². The molecular formula is C25H32N8. The predicted molar refractivity (Wildman–Crippen MR) is 138 cm³/mol. The third-order valence-electron chi connectivity index (χ3n) is 5.50. The molecule has 0 aliphatic carbocycles. The second kappa shape index (κ2) is 10.8. The van der Waals surface area contributed by atoms with Crippen LogP contribution >= 0.6 is 0 Å². The zero-order valence-electron chi connectivity index (χ0n) is 19.4. The summed E-state index contributed by atoms with van der Waals surface area (Å²) < 4.78 is 0. The molecule has 4 N–H and O–H groups in total. The van der Waals surface area contributed by atoms with Crippen molar-refractivity contribution in [1.29, 1.82) is 0 Å². The van der Waals surface area contributed by atoms with E-state index in [0.29, 0.717) is 12.5 Å². The molecule has 0 saturated heterocycles. The maximum Gasteiger partial charge on any atom is 0.232 e. The lowest BCUT2D eigenvalue weighted by Crippen LogP contribution is -2.28. The monoisotopic (exact) mass is 444 g/mol. The van der Waals surface area contributed by atoms with Crippen molar-refractivity contribution in [2.45, 2.75) is 39.5 Å². The maximum atomic E-state index is 5.36. The highest BCUT2D eigenvalue weighted by Gasteiger charge is 2.13. The summed E-state index contributed by atoms with van der Waals surface area (Å²) in [4.78, 5) is 24.0. The van der Waals surface area contributed by atoms with Gasteiger partial charge in [0, 0.05) is 53.5 Å². The van der Waals surface area contributed by atoms with Crippen LogP contribution in [0.1, 0.15) is 38.9 Å². The molecule has 0 atom stereocenters. The van der Waals surface area contributed by atoms with Crippen LogP contribution in [0.25, 0.3) is 21.8 Å². The van der Waals surface area contributed by atoms with E-state index in [9.17, 15) is 0 Å². The molecule has 8 heteroatoms. The van der Waals surface area contributed by atoms with Crippen molar-refractivity contribution < 1.29 is 0 Å². The first-order chi connectivity index (χ1) is 16.2. The highest BCUT2D eigenvalue weighted by molar-refractivity contribution is 6.08. The lowest BCUT2D eigenvalue weighted by atomic mass is 10.1. The molecule has 0 radical (unpaired) electrons. The summed E-state index contributed by atoms with van der Waals surface area (Å²) in [6.45, 7) is 6.83. The van der Waals surface area contributed by atoms with Crippen molar-refractivity contribution in [1.82, 2.24) is 19.9 Å². The Bertz CT molecular complexity index is 1220. The summed E-state index contributed by atoms with van der Waals surface area (Å²) in [5.41, 5.74) is 8.54. The molecule has 33 heavy (non-hydrogen) atoms. The van der Waals surface area contributed by atoms with Crippen LogP contribution in [0.15, 0.2) is 47.5 Å². The first-order valence-corrected chi connectivity index (χ1v) is 11.7. The second-order valence-electron chi connectivity index (χ2n) is 8.08. The van der Waals surface area contributed by atoms with Crippen LogP contribution in [0.2, 0.25) is 0 Å². The van der Waals surface area contributed by atoms with E-state index < -0.39 is 0 Å². The van der Waals surface area contributed by atoms with E-state index in [-0.39, 0.29) is 0 Å². The van der Waals surface area contributed by atoms with Crippen molar-refractivity contribution >= 4 is 45.7 Å². The fraction of sp³-hybridized carbons (Fsp3) is 0.360. The number of fused-ring (bicyclic) bond motifs is 3. The average molecular weight is 445 g/mol. The molecule has 2 aromatic carbocycles. The molecular weight excluding hydrogens is 412 g/mol. The van der Waals surface area contributed by atoms with Gasteiger partial charge in [-0.2, -0.15) is 15.0 Å². The number of aliphatic imine (C=N–C) groups is 1. The smallest absolute Gasteiger partial charge is 0.232 e. The van der Waals surface area contributed by atoms with E-state index >= 15 is 0 Å². The Kier molecular flexibility index (Phi) is 7.34. The standard InChI is InChI=1S/C25H32N8/c1-3-14-33(15-4-2)25-31-23(10-7-13-27-17-26)30-24(32-25)28-18-11-12-22-20(16-18)19-8-5-6-9-21(19)29-22/h5-6,8-9,11-12,16-17,29H,3-4,7,10,13-15H2,1-2H3,(H2,26,27)(H,28,30,31,32). The third kappa shape index (κ3) is 5.39. The van der Waals surface area contributed by atoms with Crippen molar-refractivity contribution in [2.75, 3.05) is 29.9 Å². The number of nitrogens with zero attached hydrogens (tertiary/aromatic N) is 5. The van der Waals surface area contributed by atoms with Gasteiger partial charge in [0.25, 0.3) is 0 Å². The van der Waals surface area contributed by atoms with Gasteiger partial charge < -0.3 is 20.9 Å². The summed E-state index contributed by atoms with van der Waals surface area (Å²) in [6, 6.07) is 14.6. The molecule has 0 saturated carbocycles. The third-order valence-corrected chi connectivity index (χ3v) is 5.50. The number of nitrogens with two attached hydrogens (primary N) is 1. The fourth-order valence-electron chi connectivity index (χ4n) is 4.03. The molecule has 2 aromatic heterocycles. The molecule has 0 aliphatic rings. The lowest BCUT2D eigenvalue weighted by molar-refractivity contribution is 0.703. The predicted octanol–water partition coefficient (Wildman–Crippen LogP) is 4.80. The first kappa shape index (κ1) is 22.5. The summed E-state index contributed by atoms with van der Waals surface area (Å²) in [5, 5.41) is 5.79. The van der Waals surface area contributed by atoms with E-state index in [4.69, 9.17) is 20.7 Å². The molecule has 0 unspecified atom stereocenters. The fourth-order valence-corrected chi connectivity index (χ4v) is 4.03. The van der Waals surface area contributed by atoms with Gasteiger partial charge in [0.15, 0.2) is 0 Å². The summed E-state index contributed by atoms with van der Waals surface area (Å²) in [5.74, 6) is 2.05. The van der Waals surface area contributed by atoms with Crippen molar-refractivity contribution in [3.8, 4) is 0 Å². The maximum absolute atomic E-state index is 5.36. The van der Waals surface area contributed by atoms with Crippen LogP contribution in [-0.2, 0) is 6.42 Å². The second-order valence-corrected chi connectivity index (χ2v) is 8.08. The normalized spacial score (nSPS) is 11.6. The Morgan fingerprint density at radius 2 is 1.79 bits per heavy atom. The van der Waals surface area contributed by atoms with Gasteiger partial charge in [-0.3, -0.25) is 4.99 Å². The van der Waals surface area contributed by atoms with Gasteiger partial charge in [-0.05, 0) is 43.5 Å². The number of hydrogen-bond acceptors (Lipinski definition) is 6. The number of aromatic amines is 1. The van der Waals surface area contributed by atoms with Crippen LogP contribution < -0.4 is 16.0 Å². The minimum absolute atomic E-state index is 0.564. The van der Waals surface area contributed by atoms with E-state index in [2.05, 4.69) is 64.4 Å². The van der Waals surface area contributed by atoms with E-state index in [1.807, 2.05) is 12.1 Å². The number of aryl methyl sites for hydroxylation is 1. The quantitative estimate of drug-likeness (QED) is 0.174. The summed E-state index contributed by atoms with van der Waals surface area (Å²) in [6.07, 6.45) is 4.96. The Balaban J connectivity index is 1.65.